The number of ether oxygens (including phenoxy) is 1. The lowest BCUT2D eigenvalue weighted by Gasteiger charge is -2.34. The van der Waals surface area contributed by atoms with Gasteiger partial charge in [-0.1, -0.05) is 24.4 Å². The van der Waals surface area contributed by atoms with Crippen LogP contribution in [0.3, 0.4) is 0 Å². The van der Waals surface area contributed by atoms with Gasteiger partial charge in [0.05, 0.1) is 4.47 Å². The molecule has 0 saturated heterocycles. The topological polar surface area (TPSA) is 49.7 Å². The Balaban J connectivity index is 2.00. The van der Waals surface area contributed by atoms with E-state index >= 15 is 0 Å². The number of hydrogen-bond acceptors (Lipinski definition) is 3. The number of hydrogen-bond donors (Lipinski definition) is 2. The molecule has 2 aromatic rings. The number of aromatic hydroxyl groups is 2. The van der Waals surface area contributed by atoms with Crippen LogP contribution in [0, 0.1) is 5.92 Å². The molecule has 4 rings (SSSR count). The Morgan fingerprint density at radius 1 is 0.920 bits per heavy atom. The predicted octanol–water partition coefficient (Wildman–Crippen LogP) is 5.61. The summed E-state index contributed by atoms with van der Waals surface area (Å²) >= 11 is 10.3. The van der Waals surface area contributed by atoms with Crippen molar-refractivity contribution >= 4 is 61.1 Å². The molecule has 0 bridgehead atoms. The first-order valence-corrected chi connectivity index (χ1v) is 10.5. The molecule has 2 N–H and O–H groups in total. The van der Waals surface area contributed by atoms with Crippen molar-refractivity contribution in [2.24, 2.45) is 5.92 Å². The third kappa shape index (κ3) is 2.74. The first-order valence-electron chi connectivity index (χ1n) is 8.09. The van der Waals surface area contributed by atoms with Crippen LogP contribution >= 0.6 is 47.8 Å². The minimum atomic E-state index is -0.0233. The van der Waals surface area contributed by atoms with E-state index in [0.717, 1.165) is 24.0 Å². The fraction of sp³-hybridized carbons (Fsp3) is 0.333. The monoisotopic (exact) mass is 526 g/mol. The van der Waals surface area contributed by atoms with Crippen LogP contribution in [0.25, 0.3) is 0 Å². The molecule has 1 saturated carbocycles. The quantitative estimate of drug-likeness (QED) is 0.473. The predicted molar refractivity (Wildman–Crippen MR) is 109 cm³/mol. The van der Waals surface area contributed by atoms with Crippen LogP contribution in [0.4, 0.5) is 0 Å². The lowest BCUT2D eigenvalue weighted by molar-refractivity contribution is 0.384. The van der Waals surface area contributed by atoms with Gasteiger partial charge in [-0.3, -0.25) is 0 Å². The number of rotatable bonds is 1. The van der Waals surface area contributed by atoms with Gasteiger partial charge in [0.25, 0.3) is 0 Å². The van der Waals surface area contributed by atoms with Gasteiger partial charge in [-0.2, -0.15) is 0 Å². The molecule has 1 fully saturated rings. The summed E-state index contributed by atoms with van der Waals surface area (Å²) in [5.74, 6) is 1.82. The van der Waals surface area contributed by atoms with Crippen molar-refractivity contribution in [3.05, 3.63) is 36.7 Å². The van der Waals surface area contributed by atoms with Gasteiger partial charge in [-0.15, -0.1) is 0 Å². The van der Waals surface area contributed by atoms with Crippen LogP contribution in [0.5, 0.6) is 23.0 Å². The zero-order valence-corrected chi connectivity index (χ0v) is 17.9. The van der Waals surface area contributed by atoms with Crippen LogP contribution < -0.4 is 10.2 Å². The summed E-state index contributed by atoms with van der Waals surface area (Å²) in [7, 11) is 6.02. The Kier molecular flexibility index (Phi) is 4.61. The van der Waals surface area contributed by atoms with Crippen molar-refractivity contribution in [2.45, 2.75) is 31.6 Å². The lowest BCUT2D eigenvalue weighted by atomic mass is 9.76. The summed E-state index contributed by atoms with van der Waals surface area (Å²) in [6.07, 6.45) is 4.69. The van der Waals surface area contributed by atoms with Crippen molar-refractivity contribution in [1.82, 2.24) is 0 Å². The Hall–Kier alpha value is -0.655. The maximum absolute atomic E-state index is 10.3. The minimum absolute atomic E-state index is 0.0233. The van der Waals surface area contributed by atoms with E-state index in [1.807, 2.05) is 12.1 Å². The highest BCUT2D eigenvalue weighted by Gasteiger charge is 2.38. The largest absolute Gasteiger partial charge is 0.507 e. The molecular weight excluding hydrogens is 515 g/mol. The highest BCUT2D eigenvalue weighted by Crippen LogP contribution is 2.58. The van der Waals surface area contributed by atoms with E-state index in [1.165, 1.54) is 12.8 Å². The van der Waals surface area contributed by atoms with E-state index in [-0.39, 0.29) is 17.4 Å². The summed E-state index contributed by atoms with van der Waals surface area (Å²) in [6.45, 7) is 0. The summed E-state index contributed by atoms with van der Waals surface area (Å²) in [4.78, 5) is 0. The van der Waals surface area contributed by atoms with Crippen LogP contribution in [0.1, 0.15) is 42.7 Å². The van der Waals surface area contributed by atoms with Crippen molar-refractivity contribution in [2.75, 3.05) is 0 Å². The molecule has 0 spiro atoms. The third-order valence-electron chi connectivity index (χ3n) is 5.18. The highest BCUT2D eigenvalue weighted by molar-refractivity contribution is 9.11. The fourth-order valence-corrected chi connectivity index (χ4v) is 5.78. The average Bonchev–Trinajstić information content (AvgIpc) is 3.11. The molecule has 1 atom stereocenters. The molecule has 0 amide bonds. The maximum Gasteiger partial charge on any atom is 0.149 e. The molecule has 25 heavy (non-hydrogen) atoms. The zero-order valence-electron chi connectivity index (χ0n) is 13.2. The van der Waals surface area contributed by atoms with Gasteiger partial charge in [0.2, 0.25) is 0 Å². The Bertz CT molecular complexity index is 815. The van der Waals surface area contributed by atoms with Crippen molar-refractivity contribution < 1.29 is 14.9 Å². The number of phenols is 2. The van der Waals surface area contributed by atoms with Gasteiger partial charge in [-0.05, 0) is 72.6 Å². The van der Waals surface area contributed by atoms with Gasteiger partial charge in [0, 0.05) is 17.0 Å². The summed E-state index contributed by atoms with van der Waals surface area (Å²) in [5, 5.41) is 20.5. The first kappa shape index (κ1) is 17.7. The van der Waals surface area contributed by atoms with Crippen molar-refractivity contribution in [1.29, 1.82) is 0 Å². The number of fused-ring (bicyclic) bond motifs is 2. The Morgan fingerprint density at radius 3 is 2.12 bits per heavy atom. The van der Waals surface area contributed by atoms with Crippen molar-refractivity contribution in [3.63, 3.8) is 0 Å². The van der Waals surface area contributed by atoms with E-state index in [9.17, 15) is 10.2 Å². The molecule has 2 aromatic carbocycles. The Morgan fingerprint density at radius 2 is 1.48 bits per heavy atom. The van der Waals surface area contributed by atoms with E-state index in [2.05, 4.69) is 47.8 Å². The third-order valence-corrected chi connectivity index (χ3v) is 7.25. The SMILES string of the molecule is [B]c1cc2c(c(Br)c1O)Oc1c(cc(Br)c(O)c1Br)C2C1CCCC1. The number of phenolic OH excluding ortho intramolecular Hbond substituents is 2. The molecule has 1 heterocycles. The molecule has 1 aliphatic heterocycles. The molecule has 2 aliphatic rings. The summed E-state index contributed by atoms with van der Waals surface area (Å²) in [5.41, 5.74) is 2.33. The molecular formula is C18H14BBr3O3. The number of halogens is 3. The molecule has 3 nitrogen and oxygen atoms in total. The van der Waals surface area contributed by atoms with Gasteiger partial charge in [0.15, 0.2) is 0 Å². The van der Waals surface area contributed by atoms with Gasteiger partial charge in [0.1, 0.15) is 39.8 Å². The van der Waals surface area contributed by atoms with Crippen LogP contribution in [0.15, 0.2) is 25.6 Å². The molecule has 0 aromatic heterocycles. The summed E-state index contributed by atoms with van der Waals surface area (Å²) in [6, 6.07) is 3.74. The molecule has 128 valence electrons. The molecule has 7 heteroatoms. The molecule has 1 aliphatic carbocycles. The van der Waals surface area contributed by atoms with Gasteiger partial charge in [-0.25, -0.2) is 0 Å². The van der Waals surface area contributed by atoms with Crippen LogP contribution in [-0.4, -0.2) is 18.1 Å². The van der Waals surface area contributed by atoms with E-state index in [4.69, 9.17) is 12.6 Å². The normalized spacial score (nSPS) is 19.4. The average molecular weight is 529 g/mol. The molecule has 1 unspecified atom stereocenters. The van der Waals surface area contributed by atoms with Gasteiger partial charge < -0.3 is 14.9 Å². The van der Waals surface area contributed by atoms with E-state index in [1.54, 1.807) is 0 Å². The van der Waals surface area contributed by atoms with Gasteiger partial charge >= 0.3 is 0 Å². The standard InChI is InChI=1S/C18H14BBr3O3/c19-10-5-8-12(7-3-1-2-4-7)9-6-11(20)16(24)14(22)18(9)25-17(8)13(21)15(10)23/h5-7,12,23-24H,1-4H2. The maximum atomic E-state index is 10.3. The first-order chi connectivity index (χ1) is 11.9. The Labute approximate surface area is 172 Å². The summed E-state index contributed by atoms with van der Waals surface area (Å²) < 4.78 is 7.69. The van der Waals surface area contributed by atoms with E-state index < -0.39 is 0 Å². The minimum Gasteiger partial charge on any atom is -0.507 e. The number of benzene rings is 2. The van der Waals surface area contributed by atoms with E-state index in [0.29, 0.717) is 36.3 Å². The van der Waals surface area contributed by atoms with Crippen molar-refractivity contribution in [3.8, 4) is 23.0 Å². The smallest absolute Gasteiger partial charge is 0.149 e. The highest BCUT2D eigenvalue weighted by atomic mass is 79.9. The second-order valence-corrected chi connectivity index (χ2v) is 9.05. The zero-order chi connectivity index (χ0) is 17.9. The second kappa shape index (κ2) is 6.50. The fourth-order valence-electron chi connectivity index (χ4n) is 4.01. The molecule has 2 radical (unpaired) electrons. The van der Waals surface area contributed by atoms with Crippen LogP contribution in [-0.2, 0) is 0 Å². The second-order valence-electron chi connectivity index (χ2n) is 6.61. The lowest BCUT2D eigenvalue weighted by Crippen LogP contribution is -2.20. The van der Waals surface area contributed by atoms with Crippen LogP contribution in [0.2, 0.25) is 0 Å².